The smallest absolute Gasteiger partial charge is 0.255 e. The number of phenolic OH excluding ortho intramolecular Hbond substituents is 2. The Hall–Kier alpha value is -2.62. The van der Waals surface area contributed by atoms with Crippen molar-refractivity contribution in [2.45, 2.75) is 4.90 Å². The molecule has 0 aliphatic heterocycles. The lowest BCUT2D eigenvalue weighted by molar-refractivity contribution is -0.119. The Morgan fingerprint density at radius 2 is 1.88 bits per heavy atom. The monoisotopic (exact) mass is 383 g/mol. The Morgan fingerprint density at radius 1 is 1.20 bits per heavy atom. The van der Waals surface area contributed by atoms with E-state index in [1.54, 1.807) is 18.2 Å². The minimum Gasteiger partial charge on any atom is -0.504 e. The van der Waals surface area contributed by atoms with Crippen molar-refractivity contribution in [2.75, 3.05) is 6.54 Å². The van der Waals surface area contributed by atoms with Crippen molar-refractivity contribution in [3.8, 4) is 11.5 Å². The van der Waals surface area contributed by atoms with Gasteiger partial charge in [0.1, 0.15) is 0 Å². The number of rotatable bonds is 6. The number of amides is 1. The van der Waals surface area contributed by atoms with E-state index >= 15 is 0 Å². The first-order valence-corrected chi connectivity index (χ1v) is 8.74. The molecule has 8 nitrogen and oxygen atoms in total. The maximum absolute atomic E-state index is 11.9. The van der Waals surface area contributed by atoms with Crippen molar-refractivity contribution in [2.24, 2.45) is 5.10 Å². The van der Waals surface area contributed by atoms with Gasteiger partial charge < -0.3 is 10.2 Å². The summed E-state index contributed by atoms with van der Waals surface area (Å²) in [4.78, 5) is 11.7. The molecule has 0 spiro atoms. The third-order valence-electron chi connectivity index (χ3n) is 2.94. The van der Waals surface area contributed by atoms with Crippen molar-refractivity contribution >= 4 is 33.7 Å². The summed E-state index contributed by atoms with van der Waals surface area (Å²) in [6.07, 6.45) is 1.18. The standard InChI is InChI=1S/C15H14ClN3O5S/c16-12-6-10(7-13(20)15(12)22)8-17-19-14(21)9-18-25(23,24)11-4-2-1-3-5-11/h1-8,18,20,22H,9H2,(H,19,21). The Labute approximate surface area is 148 Å². The van der Waals surface area contributed by atoms with Gasteiger partial charge in [0.2, 0.25) is 10.0 Å². The fourth-order valence-corrected chi connectivity index (χ4v) is 2.97. The second-order valence-corrected chi connectivity index (χ2v) is 6.98. The van der Waals surface area contributed by atoms with Crippen LogP contribution in [0.3, 0.4) is 0 Å². The van der Waals surface area contributed by atoms with Gasteiger partial charge in [-0.05, 0) is 29.8 Å². The van der Waals surface area contributed by atoms with Crippen molar-refractivity contribution < 1.29 is 23.4 Å². The highest BCUT2D eigenvalue weighted by Crippen LogP contribution is 2.33. The number of aromatic hydroxyl groups is 2. The predicted octanol–water partition coefficient (Wildman–Crippen LogP) is 1.18. The third-order valence-corrected chi connectivity index (χ3v) is 4.65. The largest absolute Gasteiger partial charge is 0.504 e. The van der Waals surface area contributed by atoms with Crippen LogP contribution in [0.2, 0.25) is 5.02 Å². The second kappa shape index (κ2) is 7.97. The van der Waals surface area contributed by atoms with Gasteiger partial charge in [-0.3, -0.25) is 4.79 Å². The van der Waals surface area contributed by atoms with Crippen molar-refractivity contribution in [3.63, 3.8) is 0 Å². The van der Waals surface area contributed by atoms with Crippen molar-refractivity contribution in [1.29, 1.82) is 0 Å². The minimum atomic E-state index is -3.79. The maximum atomic E-state index is 11.9. The Kier molecular flexibility index (Phi) is 5.97. The molecule has 2 aromatic carbocycles. The van der Waals surface area contributed by atoms with E-state index in [1.807, 2.05) is 0 Å². The third kappa shape index (κ3) is 5.18. The highest BCUT2D eigenvalue weighted by atomic mass is 35.5. The van der Waals surface area contributed by atoms with Gasteiger partial charge in [-0.15, -0.1) is 0 Å². The number of sulfonamides is 1. The minimum absolute atomic E-state index is 0.0421. The summed E-state index contributed by atoms with van der Waals surface area (Å²) in [6.45, 7) is -0.504. The molecule has 0 bridgehead atoms. The van der Waals surface area contributed by atoms with Gasteiger partial charge >= 0.3 is 0 Å². The lowest BCUT2D eigenvalue weighted by Crippen LogP contribution is -2.34. The van der Waals surface area contributed by atoms with Crippen LogP contribution in [0, 0.1) is 0 Å². The average molecular weight is 384 g/mol. The molecular formula is C15H14ClN3O5S. The first-order chi connectivity index (χ1) is 11.8. The van der Waals surface area contributed by atoms with Gasteiger partial charge in [-0.2, -0.15) is 5.10 Å². The topological polar surface area (TPSA) is 128 Å². The maximum Gasteiger partial charge on any atom is 0.255 e. The zero-order valence-electron chi connectivity index (χ0n) is 12.7. The molecule has 0 unspecified atom stereocenters. The number of hydrogen-bond acceptors (Lipinski definition) is 6. The highest BCUT2D eigenvalue weighted by Gasteiger charge is 2.14. The van der Waals surface area contributed by atoms with Crippen LogP contribution in [0.5, 0.6) is 11.5 Å². The number of benzene rings is 2. The first-order valence-electron chi connectivity index (χ1n) is 6.87. The molecule has 0 fully saturated rings. The number of phenols is 2. The molecule has 0 saturated heterocycles. The SMILES string of the molecule is O=C(CNS(=O)(=O)c1ccccc1)NN=Cc1cc(O)c(O)c(Cl)c1. The molecule has 2 aromatic rings. The number of halogens is 1. The van der Waals surface area contributed by atoms with Crippen LogP contribution in [0.4, 0.5) is 0 Å². The zero-order valence-corrected chi connectivity index (χ0v) is 14.3. The Morgan fingerprint density at radius 3 is 2.52 bits per heavy atom. The molecule has 0 atom stereocenters. The second-order valence-electron chi connectivity index (χ2n) is 4.80. The molecule has 0 saturated carbocycles. The van der Waals surface area contributed by atoms with Gasteiger partial charge in [-0.25, -0.2) is 18.6 Å². The quantitative estimate of drug-likeness (QED) is 0.338. The summed E-state index contributed by atoms with van der Waals surface area (Å²) in [5, 5.41) is 22.3. The first kappa shape index (κ1) is 18.7. The molecule has 0 aliphatic rings. The molecule has 4 N–H and O–H groups in total. The summed E-state index contributed by atoms with van der Waals surface area (Å²) >= 11 is 5.68. The van der Waals surface area contributed by atoms with E-state index in [0.29, 0.717) is 5.56 Å². The molecular weight excluding hydrogens is 370 g/mol. The fourth-order valence-electron chi connectivity index (χ4n) is 1.74. The summed E-state index contributed by atoms with van der Waals surface area (Å²) in [7, 11) is -3.79. The van der Waals surface area contributed by atoms with Crippen molar-refractivity contribution in [1.82, 2.24) is 10.1 Å². The Balaban J connectivity index is 1.91. The van der Waals surface area contributed by atoms with Crippen LogP contribution in [-0.2, 0) is 14.8 Å². The number of nitrogens with one attached hydrogen (secondary N) is 2. The normalized spacial score (nSPS) is 11.6. The molecule has 25 heavy (non-hydrogen) atoms. The molecule has 1 amide bonds. The average Bonchev–Trinajstić information content (AvgIpc) is 2.59. The summed E-state index contributed by atoms with van der Waals surface area (Å²) in [5.74, 6) is -1.58. The van der Waals surface area contributed by atoms with E-state index in [4.69, 9.17) is 11.6 Å². The van der Waals surface area contributed by atoms with Crippen LogP contribution in [-0.4, -0.2) is 37.3 Å². The predicted molar refractivity (Wildman–Crippen MR) is 92.1 cm³/mol. The lowest BCUT2D eigenvalue weighted by atomic mass is 10.2. The number of nitrogens with zero attached hydrogens (tertiary/aromatic N) is 1. The Bertz CT molecular complexity index is 878. The number of carbonyl (C=O) groups is 1. The van der Waals surface area contributed by atoms with Crippen molar-refractivity contribution in [3.05, 3.63) is 53.1 Å². The van der Waals surface area contributed by atoms with Crippen LogP contribution < -0.4 is 10.1 Å². The molecule has 0 heterocycles. The molecule has 10 heteroatoms. The summed E-state index contributed by atoms with van der Waals surface area (Å²) in [5.41, 5.74) is 2.45. The van der Waals surface area contributed by atoms with E-state index in [1.165, 1.54) is 30.5 Å². The summed E-state index contributed by atoms with van der Waals surface area (Å²) < 4.78 is 26.0. The molecule has 0 aromatic heterocycles. The van der Waals surface area contributed by atoms with Gasteiger partial charge in [0.15, 0.2) is 11.5 Å². The van der Waals surface area contributed by atoms with Gasteiger partial charge in [0.25, 0.3) is 5.91 Å². The van der Waals surface area contributed by atoms with E-state index in [2.05, 4.69) is 15.2 Å². The molecule has 132 valence electrons. The number of hydrazone groups is 1. The lowest BCUT2D eigenvalue weighted by Gasteiger charge is -2.05. The highest BCUT2D eigenvalue weighted by molar-refractivity contribution is 7.89. The molecule has 0 radical (unpaired) electrons. The van der Waals surface area contributed by atoms with E-state index in [0.717, 1.165) is 0 Å². The van der Waals surface area contributed by atoms with E-state index < -0.39 is 34.0 Å². The zero-order chi connectivity index (χ0) is 18.4. The van der Waals surface area contributed by atoms with Crippen LogP contribution in [0.1, 0.15) is 5.56 Å². The fraction of sp³-hybridized carbons (Fsp3) is 0.0667. The van der Waals surface area contributed by atoms with E-state index in [9.17, 15) is 23.4 Å². The van der Waals surface area contributed by atoms with Crippen LogP contribution in [0.25, 0.3) is 0 Å². The molecule has 2 rings (SSSR count). The van der Waals surface area contributed by atoms with Gasteiger partial charge in [-0.1, -0.05) is 29.8 Å². The van der Waals surface area contributed by atoms with Gasteiger partial charge in [0, 0.05) is 0 Å². The van der Waals surface area contributed by atoms with Crippen LogP contribution >= 0.6 is 11.6 Å². The van der Waals surface area contributed by atoms with Gasteiger partial charge in [0.05, 0.1) is 22.7 Å². The van der Waals surface area contributed by atoms with E-state index in [-0.39, 0.29) is 9.92 Å². The summed E-state index contributed by atoms with van der Waals surface area (Å²) in [6, 6.07) is 10.1. The molecule has 0 aliphatic carbocycles. The number of carbonyl (C=O) groups excluding carboxylic acids is 1. The van der Waals surface area contributed by atoms with Crippen LogP contribution in [0.15, 0.2) is 52.5 Å². The number of hydrogen-bond donors (Lipinski definition) is 4.